The molecule has 0 saturated carbocycles. The Bertz CT molecular complexity index is 1020. The average Bonchev–Trinajstić information content (AvgIpc) is 2.85. The van der Waals surface area contributed by atoms with Gasteiger partial charge < -0.3 is 25.7 Å². The second-order valence-corrected chi connectivity index (χ2v) is 9.01. The van der Waals surface area contributed by atoms with Crippen molar-refractivity contribution in [2.75, 3.05) is 49.2 Å². The molecule has 0 amide bonds. The molecule has 2 aliphatic rings. The van der Waals surface area contributed by atoms with Crippen LogP contribution in [0.5, 0.6) is 0 Å². The number of ketones is 2. The minimum Gasteiger partial charge on any atom is -0.390 e. The number of rotatable bonds is 9. The van der Waals surface area contributed by atoms with Crippen LogP contribution in [0.2, 0.25) is 0 Å². The minimum absolute atomic E-state index is 0.0550. The number of aliphatic hydroxyl groups excluding tert-OH is 2. The normalized spacial score (nSPS) is 17.8. The summed E-state index contributed by atoms with van der Waals surface area (Å²) in [6.45, 7) is 2.97. The highest BCUT2D eigenvalue weighted by Crippen LogP contribution is 2.36. The van der Waals surface area contributed by atoms with Crippen molar-refractivity contribution in [3.63, 3.8) is 0 Å². The molecule has 0 spiro atoms. The lowest BCUT2D eigenvalue weighted by Gasteiger charge is -2.29. The molecule has 1 aliphatic heterocycles. The number of benzene rings is 2. The molecule has 4 rings (SSSR count). The summed E-state index contributed by atoms with van der Waals surface area (Å²) in [7, 11) is 0. The molecule has 176 valence electrons. The number of nitrogens with one attached hydrogen (secondary N) is 2. The molecular weight excluding hydrogens is 442 g/mol. The molecular formula is C25H30ClN3O4. The van der Waals surface area contributed by atoms with Crippen LogP contribution < -0.4 is 10.6 Å². The molecule has 1 fully saturated rings. The topological polar surface area (TPSA) is 102 Å². The predicted molar refractivity (Wildman–Crippen MR) is 130 cm³/mol. The number of alkyl halides is 1. The van der Waals surface area contributed by atoms with Crippen LogP contribution >= 0.6 is 11.6 Å². The average molecular weight is 472 g/mol. The Labute approximate surface area is 198 Å². The highest BCUT2D eigenvalue weighted by molar-refractivity contribution is 6.31. The molecule has 0 aromatic heterocycles. The summed E-state index contributed by atoms with van der Waals surface area (Å²) >= 11 is 5.70. The van der Waals surface area contributed by atoms with Crippen LogP contribution in [-0.4, -0.2) is 77.5 Å². The minimum atomic E-state index is -0.785. The molecule has 0 radical (unpaired) electrons. The fraction of sp³-hybridized carbons (Fsp3) is 0.440. The van der Waals surface area contributed by atoms with Crippen molar-refractivity contribution in [1.82, 2.24) is 4.90 Å². The maximum atomic E-state index is 13.4. The maximum Gasteiger partial charge on any atom is 0.196 e. The van der Waals surface area contributed by atoms with Gasteiger partial charge in [0.2, 0.25) is 0 Å². The van der Waals surface area contributed by atoms with Gasteiger partial charge in [0.05, 0.1) is 29.2 Å². The Morgan fingerprint density at radius 3 is 1.85 bits per heavy atom. The highest BCUT2D eigenvalue weighted by atomic mass is 35.5. The molecule has 8 heteroatoms. The number of piperidine rings is 1. The Morgan fingerprint density at radius 2 is 1.33 bits per heavy atom. The Kier molecular flexibility index (Phi) is 7.65. The standard InChI is InChI=1S/C25H30ClN3O4/c26-12-16(30)13-27-20-8-9-21(28-14-17(31)15-29-10-4-1-5-11-29)23-22(20)24(32)18-6-2-3-7-19(18)25(23)33/h2-3,6-9,16-17,27-28,30-31H,1,4-5,10-15H2/t16?,17-/m0/s1. The molecule has 1 saturated heterocycles. The molecule has 0 bridgehead atoms. The number of β-amino-alcohol motifs (C(OH)–C–C–N with tert-alkyl or cyclic N) is 1. The van der Waals surface area contributed by atoms with Crippen LogP contribution in [0.4, 0.5) is 11.4 Å². The van der Waals surface area contributed by atoms with Crippen LogP contribution in [0.15, 0.2) is 36.4 Å². The van der Waals surface area contributed by atoms with E-state index in [4.69, 9.17) is 11.6 Å². The van der Waals surface area contributed by atoms with Gasteiger partial charge in [-0.1, -0.05) is 30.7 Å². The van der Waals surface area contributed by atoms with Gasteiger partial charge in [-0.25, -0.2) is 0 Å². The van der Waals surface area contributed by atoms with E-state index in [9.17, 15) is 19.8 Å². The van der Waals surface area contributed by atoms with Gasteiger partial charge in [-0.3, -0.25) is 9.59 Å². The van der Waals surface area contributed by atoms with Gasteiger partial charge in [0.15, 0.2) is 11.6 Å². The zero-order valence-corrected chi connectivity index (χ0v) is 19.3. The molecule has 1 unspecified atom stereocenters. The Morgan fingerprint density at radius 1 is 0.818 bits per heavy atom. The van der Waals surface area contributed by atoms with Crippen LogP contribution in [0.1, 0.15) is 51.1 Å². The lowest BCUT2D eigenvalue weighted by molar-refractivity contribution is 0.0979. The summed E-state index contributed by atoms with van der Waals surface area (Å²) in [6, 6.07) is 10.2. The smallest absolute Gasteiger partial charge is 0.196 e. The molecule has 7 nitrogen and oxygen atoms in total. The van der Waals surface area contributed by atoms with Gasteiger partial charge >= 0.3 is 0 Å². The number of hydrogen-bond donors (Lipinski definition) is 4. The highest BCUT2D eigenvalue weighted by Gasteiger charge is 2.34. The summed E-state index contributed by atoms with van der Waals surface area (Å²) in [5, 5.41) is 26.7. The summed E-state index contributed by atoms with van der Waals surface area (Å²) in [5.74, 6) is -0.435. The Hall–Kier alpha value is -2.45. The van der Waals surface area contributed by atoms with E-state index in [0.29, 0.717) is 29.0 Å². The number of nitrogens with zero attached hydrogens (tertiary/aromatic N) is 1. The third kappa shape index (κ3) is 5.22. The number of fused-ring (bicyclic) bond motifs is 2. The number of halogens is 1. The summed E-state index contributed by atoms with van der Waals surface area (Å²) in [5.41, 5.74) is 2.27. The first kappa shape index (κ1) is 23.7. The van der Waals surface area contributed by atoms with Crippen molar-refractivity contribution in [2.24, 2.45) is 0 Å². The quantitative estimate of drug-likeness (QED) is 0.356. The van der Waals surface area contributed by atoms with Crippen LogP contribution in [0.3, 0.4) is 0 Å². The number of carbonyl (C=O) groups is 2. The van der Waals surface area contributed by atoms with E-state index < -0.39 is 12.2 Å². The van der Waals surface area contributed by atoms with Crippen LogP contribution in [0, 0.1) is 0 Å². The lowest BCUT2D eigenvalue weighted by atomic mass is 9.82. The summed E-state index contributed by atoms with van der Waals surface area (Å²) in [6.07, 6.45) is 2.15. The van der Waals surface area contributed by atoms with Gasteiger partial charge in [0, 0.05) is 42.1 Å². The van der Waals surface area contributed by atoms with Gasteiger partial charge in [-0.2, -0.15) is 0 Å². The van der Waals surface area contributed by atoms with Crippen LogP contribution in [0.25, 0.3) is 0 Å². The summed E-state index contributed by atoms with van der Waals surface area (Å²) < 4.78 is 0. The lowest BCUT2D eigenvalue weighted by Crippen LogP contribution is -2.39. The van der Waals surface area contributed by atoms with Gasteiger partial charge in [-0.15, -0.1) is 11.6 Å². The van der Waals surface area contributed by atoms with E-state index >= 15 is 0 Å². The number of aliphatic hydroxyl groups is 2. The van der Waals surface area contributed by atoms with Gasteiger partial charge in [-0.05, 0) is 38.1 Å². The molecule has 2 aromatic carbocycles. The molecule has 2 atom stereocenters. The van der Waals surface area contributed by atoms with Crippen LogP contribution in [-0.2, 0) is 0 Å². The molecule has 2 aromatic rings. The zero-order chi connectivity index (χ0) is 23.4. The Balaban J connectivity index is 1.60. The van der Waals surface area contributed by atoms with Crippen molar-refractivity contribution in [1.29, 1.82) is 0 Å². The number of carbonyl (C=O) groups excluding carboxylic acids is 2. The van der Waals surface area contributed by atoms with Crippen molar-refractivity contribution < 1.29 is 19.8 Å². The summed E-state index contributed by atoms with van der Waals surface area (Å²) in [4.78, 5) is 29.1. The van der Waals surface area contributed by atoms with Crippen molar-refractivity contribution >= 4 is 34.5 Å². The van der Waals surface area contributed by atoms with Crippen molar-refractivity contribution in [3.05, 3.63) is 58.7 Å². The van der Waals surface area contributed by atoms with Gasteiger partial charge in [0.1, 0.15) is 0 Å². The molecule has 1 aliphatic carbocycles. The molecule has 33 heavy (non-hydrogen) atoms. The maximum absolute atomic E-state index is 13.4. The fourth-order valence-corrected chi connectivity index (χ4v) is 4.64. The molecule has 4 N–H and O–H groups in total. The second kappa shape index (κ2) is 10.7. The van der Waals surface area contributed by atoms with E-state index in [-0.39, 0.29) is 41.7 Å². The second-order valence-electron chi connectivity index (χ2n) is 8.70. The third-order valence-corrected chi connectivity index (χ3v) is 6.58. The first-order valence-electron chi connectivity index (χ1n) is 11.5. The van der Waals surface area contributed by atoms with E-state index in [1.54, 1.807) is 36.4 Å². The van der Waals surface area contributed by atoms with E-state index in [2.05, 4.69) is 15.5 Å². The monoisotopic (exact) mass is 471 g/mol. The van der Waals surface area contributed by atoms with E-state index in [1.165, 1.54) is 6.42 Å². The fourth-order valence-electron chi connectivity index (χ4n) is 4.53. The molecule has 1 heterocycles. The largest absolute Gasteiger partial charge is 0.390 e. The predicted octanol–water partition coefficient (Wildman–Crippen LogP) is 2.73. The first-order valence-corrected chi connectivity index (χ1v) is 12.0. The van der Waals surface area contributed by atoms with E-state index in [0.717, 1.165) is 25.9 Å². The third-order valence-electron chi connectivity index (χ3n) is 6.23. The van der Waals surface area contributed by atoms with Crippen molar-refractivity contribution in [2.45, 2.75) is 31.5 Å². The van der Waals surface area contributed by atoms with Crippen molar-refractivity contribution in [3.8, 4) is 0 Å². The number of likely N-dealkylation sites (tertiary alicyclic amines) is 1. The SMILES string of the molecule is O=C1c2ccccc2C(=O)c2c(NC[C@H](O)CN3CCCCC3)ccc(NCC(O)CCl)c21. The van der Waals surface area contributed by atoms with E-state index in [1.807, 2.05) is 0 Å². The number of hydrogen-bond acceptors (Lipinski definition) is 7. The zero-order valence-electron chi connectivity index (χ0n) is 18.5. The first-order chi connectivity index (χ1) is 16.0. The number of anilines is 2. The van der Waals surface area contributed by atoms with Gasteiger partial charge in [0.25, 0.3) is 0 Å².